The van der Waals surface area contributed by atoms with E-state index in [0.717, 1.165) is 0 Å². The van der Waals surface area contributed by atoms with Gasteiger partial charge in [0.05, 0.1) is 11.5 Å². The average Bonchev–Trinajstić information content (AvgIpc) is 2.74. The van der Waals surface area contributed by atoms with Gasteiger partial charge in [-0.3, -0.25) is 4.79 Å². The largest absolute Gasteiger partial charge is 0.347 e. The third-order valence-electron chi connectivity index (χ3n) is 2.16. The third kappa shape index (κ3) is 2.32. The fourth-order valence-corrected chi connectivity index (χ4v) is 3.11. The van der Waals surface area contributed by atoms with Gasteiger partial charge in [0.15, 0.2) is 15.5 Å². The molecule has 1 atom stereocenters. The van der Waals surface area contributed by atoms with Crippen LogP contribution in [0.25, 0.3) is 0 Å². The lowest BCUT2D eigenvalue weighted by atomic mass is 10.2. The second kappa shape index (κ2) is 3.61. The van der Waals surface area contributed by atoms with Gasteiger partial charge in [0.2, 0.25) is 0 Å². The molecule has 1 aromatic heterocycles. The van der Waals surface area contributed by atoms with Gasteiger partial charge in [-0.1, -0.05) is 5.16 Å². The van der Waals surface area contributed by atoms with Gasteiger partial charge in [-0.05, 0) is 11.6 Å². The van der Waals surface area contributed by atoms with Crippen LogP contribution < -0.4 is 5.32 Å². The summed E-state index contributed by atoms with van der Waals surface area (Å²) in [7, 11) is -2.98. The molecule has 7 nitrogen and oxygen atoms in total. The fourth-order valence-electron chi connectivity index (χ4n) is 1.43. The maximum atomic E-state index is 11.4. The Morgan fingerprint density at radius 1 is 1.60 bits per heavy atom. The van der Waals surface area contributed by atoms with Crippen LogP contribution in [0.1, 0.15) is 16.9 Å². The molecule has 2 rings (SSSR count). The van der Waals surface area contributed by atoms with Crippen LogP contribution in [0.3, 0.4) is 0 Å². The Hall–Kier alpha value is -1.44. The van der Waals surface area contributed by atoms with Gasteiger partial charge >= 0.3 is 0 Å². The summed E-state index contributed by atoms with van der Waals surface area (Å²) in [5, 5.41) is 9.18. The number of hydrogen-bond donors (Lipinski definition) is 1. The lowest BCUT2D eigenvalue weighted by Crippen LogP contribution is -2.35. The molecule has 0 spiro atoms. The van der Waals surface area contributed by atoms with Crippen LogP contribution in [0.2, 0.25) is 0 Å². The first-order valence-corrected chi connectivity index (χ1v) is 6.18. The molecule has 1 amide bonds. The lowest BCUT2D eigenvalue weighted by Gasteiger charge is -2.07. The summed E-state index contributed by atoms with van der Waals surface area (Å²) in [6, 6.07) is -0.334. The number of hydrogen-bond acceptors (Lipinski definition) is 6. The molecular formula is C7H9N3O4S. The van der Waals surface area contributed by atoms with Crippen molar-refractivity contribution in [2.24, 2.45) is 0 Å². The standard InChI is InChI=1S/C7H9N3O4S/c11-7(6-3-8-14-10-6)9-5-1-2-15(12,13)4-5/h3,5H,1-2,4H2,(H,9,11). The van der Waals surface area contributed by atoms with E-state index in [1.165, 1.54) is 6.20 Å². The van der Waals surface area contributed by atoms with Gasteiger partial charge in [-0.15, -0.1) is 0 Å². The highest BCUT2D eigenvalue weighted by atomic mass is 32.2. The average molecular weight is 231 g/mol. The summed E-state index contributed by atoms with van der Waals surface area (Å²) in [4.78, 5) is 11.4. The van der Waals surface area contributed by atoms with E-state index in [-0.39, 0.29) is 23.2 Å². The smallest absolute Gasteiger partial charge is 0.275 e. The Balaban J connectivity index is 1.97. The SMILES string of the molecule is O=C(NC1CCS(=O)(=O)C1)c1cnon1. The Kier molecular flexibility index (Phi) is 2.43. The molecule has 82 valence electrons. The number of rotatable bonds is 2. The minimum Gasteiger partial charge on any atom is -0.347 e. The van der Waals surface area contributed by atoms with Crippen LogP contribution in [0.15, 0.2) is 10.8 Å². The second-order valence-electron chi connectivity index (χ2n) is 3.37. The quantitative estimate of drug-likeness (QED) is 0.699. The first-order valence-electron chi connectivity index (χ1n) is 4.36. The van der Waals surface area contributed by atoms with Crippen molar-refractivity contribution in [2.45, 2.75) is 12.5 Å². The van der Waals surface area contributed by atoms with Crippen LogP contribution in [-0.2, 0) is 9.84 Å². The zero-order valence-electron chi connectivity index (χ0n) is 7.71. The van der Waals surface area contributed by atoms with Crippen LogP contribution in [0.4, 0.5) is 0 Å². The van der Waals surface area contributed by atoms with E-state index in [2.05, 4.69) is 20.3 Å². The maximum Gasteiger partial charge on any atom is 0.275 e. The predicted octanol–water partition coefficient (Wildman–Crippen LogP) is -1.01. The molecule has 2 heterocycles. The van der Waals surface area contributed by atoms with Gasteiger partial charge < -0.3 is 5.32 Å². The zero-order valence-corrected chi connectivity index (χ0v) is 8.53. The molecule has 0 radical (unpaired) electrons. The fraction of sp³-hybridized carbons (Fsp3) is 0.571. The highest BCUT2D eigenvalue weighted by Crippen LogP contribution is 2.11. The summed E-state index contributed by atoms with van der Waals surface area (Å²) >= 11 is 0. The van der Waals surface area contributed by atoms with Crippen molar-refractivity contribution in [1.29, 1.82) is 0 Å². The van der Waals surface area contributed by atoms with Crippen LogP contribution in [0, 0.1) is 0 Å². The van der Waals surface area contributed by atoms with E-state index in [9.17, 15) is 13.2 Å². The summed E-state index contributed by atoms with van der Waals surface area (Å²) < 4.78 is 26.5. The molecule has 1 aliphatic rings. The molecule has 1 N–H and O–H groups in total. The Bertz CT molecular complexity index is 453. The molecule has 1 saturated heterocycles. The highest BCUT2D eigenvalue weighted by Gasteiger charge is 2.29. The zero-order chi connectivity index (χ0) is 10.9. The minimum absolute atomic E-state index is 0.00990. The van der Waals surface area contributed by atoms with Gasteiger partial charge in [0.1, 0.15) is 6.20 Å². The predicted molar refractivity (Wildman–Crippen MR) is 48.8 cm³/mol. The lowest BCUT2D eigenvalue weighted by molar-refractivity contribution is 0.0931. The van der Waals surface area contributed by atoms with Gasteiger partial charge in [0.25, 0.3) is 5.91 Å². The number of nitrogens with one attached hydrogen (secondary N) is 1. The summed E-state index contributed by atoms with van der Waals surface area (Å²) in [5.74, 6) is -0.350. The highest BCUT2D eigenvalue weighted by molar-refractivity contribution is 7.91. The van der Waals surface area contributed by atoms with Gasteiger partial charge in [-0.25, -0.2) is 13.0 Å². The van der Waals surface area contributed by atoms with Crippen molar-refractivity contribution in [3.8, 4) is 0 Å². The molecule has 15 heavy (non-hydrogen) atoms. The monoisotopic (exact) mass is 231 g/mol. The number of sulfone groups is 1. The van der Waals surface area contributed by atoms with Crippen molar-refractivity contribution in [3.63, 3.8) is 0 Å². The summed E-state index contributed by atoms with van der Waals surface area (Å²) in [6.45, 7) is 0. The minimum atomic E-state index is -2.98. The van der Waals surface area contributed by atoms with Gasteiger partial charge in [0, 0.05) is 6.04 Å². The summed E-state index contributed by atoms with van der Waals surface area (Å²) in [5.41, 5.74) is 0.0549. The number of amides is 1. The molecule has 1 aliphatic heterocycles. The normalized spacial score (nSPS) is 23.9. The molecular weight excluding hydrogens is 222 g/mol. The molecule has 0 saturated carbocycles. The van der Waals surface area contributed by atoms with Crippen LogP contribution in [-0.4, -0.2) is 42.2 Å². The van der Waals surface area contributed by atoms with E-state index in [1.54, 1.807) is 0 Å². The molecule has 1 fully saturated rings. The number of aromatic nitrogens is 2. The summed E-state index contributed by atoms with van der Waals surface area (Å²) in [6.07, 6.45) is 1.62. The Labute approximate surface area is 85.7 Å². The molecule has 1 aromatic rings. The van der Waals surface area contributed by atoms with E-state index in [1.807, 2.05) is 0 Å². The molecule has 1 unspecified atom stereocenters. The van der Waals surface area contributed by atoms with Crippen molar-refractivity contribution >= 4 is 15.7 Å². The van der Waals surface area contributed by atoms with E-state index >= 15 is 0 Å². The van der Waals surface area contributed by atoms with Crippen LogP contribution >= 0.6 is 0 Å². The van der Waals surface area contributed by atoms with E-state index in [4.69, 9.17) is 0 Å². The van der Waals surface area contributed by atoms with Crippen molar-refractivity contribution < 1.29 is 17.8 Å². The van der Waals surface area contributed by atoms with Crippen molar-refractivity contribution in [2.75, 3.05) is 11.5 Å². The molecule has 0 bridgehead atoms. The number of carbonyl (C=O) groups is 1. The maximum absolute atomic E-state index is 11.4. The van der Waals surface area contributed by atoms with E-state index < -0.39 is 15.7 Å². The Morgan fingerprint density at radius 2 is 2.40 bits per heavy atom. The number of carbonyl (C=O) groups excluding carboxylic acids is 1. The Morgan fingerprint density at radius 3 is 2.93 bits per heavy atom. The molecule has 0 aromatic carbocycles. The van der Waals surface area contributed by atoms with E-state index in [0.29, 0.717) is 6.42 Å². The number of nitrogens with zero attached hydrogens (tertiary/aromatic N) is 2. The molecule has 0 aliphatic carbocycles. The topological polar surface area (TPSA) is 102 Å². The third-order valence-corrected chi connectivity index (χ3v) is 3.93. The van der Waals surface area contributed by atoms with Crippen LogP contribution in [0.5, 0.6) is 0 Å². The second-order valence-corrected chi connectivity index (χ2v) is 5.59. The van der Waals surface area contributed by atoms with Crippen molar-refractivity contribution in [1.82, 2.24) is 15.6 Å². The molecule has 8 heteroatoms. The van der Waals surface area contributed by atoms with Gasteiger partial charge in [-0.2, -0.15) is 0 Å². The van der Waals surface area contributed by atoms with Crippen molar-refractivity contribution in [3.05, 3.63) is 11.9 Å². The first kappa shape index (κ1) is 10.1. The first-order chi connectivity index (χ1) is 7.07.